The monoisotopic (exact) mass is 464 g/mol. The zero-order valence-electron chi connectivity index (χ0n) is 15.2. The third kappa shape index (κ3) is 3.96. The van der Waals surface area contributed by atoms with Gasteiger partial charge in [0.1, 0.15) is 0 Å². The molecule has 4 rings (SSSR count). The Morgan fingerprint density at radius 3 is 2.59 bits per heavy atom. The second kappa shape index (κ2) is 7.26. The molecule has 7 heteroatoms. The molecule has 2 aromatic rings. The highest BCUT2D eigenvalue weighted by Crippen LogP contribution is 2.37. The number of nitrogens with zero attached hydrogens (tertiary/aromatic N) is 2. The molecule has 0 bridgehead atoms. The molecule has 142 valence electrons. The van der Waals surface area contributed by atoms with Crippen molar-refractivity contribution in [1.29, 1.82) is 0 Å². The van der Waals surface area contributed by atoms with Crippen LogP contribution in [0.25, 0.3) is 0 Å². The van der Waals surface area contributed by atoms with Crippen LogP contribution < -0.4 is 4.90 Å². The third-order valence-corrected chi connectivity index (χ3v) is 8.27. The van der Waals surface area contributed by atoms with E-state index in [9.17, 15) is 8.42 Å². The predicted octanol–water partition coefficient (Wildman–Crippen LogP) is 4.34. The molecule has 0 saturated carbocycles. The number of halogens is 1. The summed E-state index contributed by atoms with van der Waals surface area (Å²) in [5, 5.41) is 0.926. The van der Waals surface area contributed by atoms with Crippen LogP contribution in [0.2, 0.25) is 0 Å². The summed E-state index contributed by atoms with van der Waals surface area (Å²) in [6.07, 6.45) is 0. The Kier molecular flexibility index (Phi) is 5.12. The quantitative estimate of drug-likeness (QED) is 0.677. The minimum Gasteiger partial charge on any atom is -0.315 e. The molecular formula is C20H21BrN2O2S2. The summed E-state index contributed by atoms with van der Waals surface area (Å²) in [4.78, 5) is 6.98. The molecule has 4 nitrogen and oxygen atoms in total. The van der Waals surface area contributed by atoms with E-state index in [0.29, 0.717) is 0 Å². The fraction of sp³-hybridized carbons (Fsp3) is 0.350. The van der Waals surface area contributed by atoms with Gasteiger partial charge in [-0.1, -0.05) is 57.5 Å². The molecule has 2 heterocycles. The topological polar surface area (TPSA) is 49.7 Å². The molecule has 0 radical (unpaired) electrons. The molecule has 0 aromatic heterocycles. The van der Waals surface area contributed by atoms with Crippen molar-refractivity contribution in [3.63, 3.8) is 0 Å². The van der Waals surface area contributed by atoms with Gasteiger partial charge in [-0.15, -0.1) is 0 Å². The molecule has 27 heavy (non-hydrogen) atoms. The number of hydrogen-bond donors (Lipinski definition) is 0. The highest BCUT2D eigenvalue weighted by atomic mass is 79.9. The van der Waals surface area contributed by atoms with Crippen LogP contribution in [-0.4, -0.2) is 37.2 Å². The fourth-order valence-electron chi connectivity index (χ4n) is 3.72. The summed E-state index contributed by atoms with van der Waals surface area (Å²) in [6, 6.07) is 14.3. The van der Waals surface area contributed by atoms with Crippen molar-refractivity contribution < 1.29 is 8.42 Å². The molecule has 0 aliphatic carbocycles. The van der Waals surface area contributed by atoms with Gasteiger partial charge in [0, 0.05) is 15.9 Å². The van der Waals surface area contributed by atoms with E-state index >= 15 is 0 Å². The molecule has 2 aromatic carbocycles. The van der Waals surface area contributed by atoms with Crippen molar-refractivity contribution in [1.82, 2.24) is 0 Å². The molecule has 0 amide bonds. The van der Waals surface area contributed by atoms with E-state index in [1.807, 2.05) is 12.1 Å². The number of aliphatic imine (C=N–C) groups is 1. The average molecular weight is 465 g/mol. The maximum absolute atomic E-state index is 12.2. The number of benzene rings is 2. The Morgan fingerprint density at radius 2 is 1.89 bits per heavy atom. The van der Waals surface area contributed by atoms with E-state index in [-0.39, 0.29) is 23.6 Å². The first-order chi connectivity index (χ1) is 12.8. The second-order valence-corrected chi connectivity index (χ2v) is 11.2. The number of aryl methyl sites for hydroxylation is 2. The molecule has 2 unspecified atom stereocenters. The number of sulfone groups is 1. The van der Waals surface area contributed by atoms with E-state index in [1.165, 1.54) is 11.1 Å². The van der Waals surface area contributed by atoms with Crippen LogP contribution in [0.1, 0.15) is 16.7 Å². The molecular weight excluding hydrogens is 444 g/mol. The van der Waals surface area contributed by atoms with Gasteiger partial charge in [-0.25, -0.2) is 8.42 Å². The minimum atomic E-state index is -3.03. The zero-order valence-corrected chi connectivity index (χ0v) is 18.4. The van der Waals surface area contributed by atoms with Crippen molar-refractivity contribution in [2.75, 3.05) is 16.4 Å². The smallest absolute Gasteiger partial charge is 0.164 e. The van der Waals surface area contributed by atoms with Gasteiger partial charge in [-0.3, -0.25) is 4.99 Å². The first-order valence-electron chi connectivity index (χ1n) is 8.84. The maximum atomic E-state index is 12.2. The maximum Gasteiger partial charge on any atom is 0.164 e. The first kappa shape index (κ1) is 19.0. The van der Waals surface area contributed by atoms with Crippen LogP contribution in [0.3, 0.4) is 0 Å². The molecule has 2 aliphatic rings. The largest absolute Gasteiger partial charge is 0.315 e. The number of anilines is 1. The van der Waals surface area contributed by atoms with Gasteiger partial charge in [0.15, 0.2) is 15.0 Å². The number of amidine groups is 1. The zero-order chi connectivity index (χ0) is 19.2. The lowest BCUT2D eigenvalue weighted by Crippen LogP contribution is -2.39. The van der Waals surface area contributed by atoms with Crippen molar-refractivity contribution in [2.24, 2.45) is 4.99 Å². The van der Waals surface area contributed by atoms with E-state index < -0.39 is 9.84 Å². The first-order valence-corrected chi connectivity index (χ1v) is 12.4. The Balaban J connectivity index is 1.64. The highest BCUT2D eigenvalue weighted by molar-refractivity contribution is 9.10. The summed E-state index contributed by atoms with van der Waals surface area (Å²) >= 11 is 5.15. The highest BCUT2D eigenvalue weighted by Gasteiger charge is 2.47. The van der Waals surface area contributed by atoms with Crippen LogP contribution in [0.4, 0.5) is 5.69 Å². The molecule has 1 fully saturated rings. The number of thioether (sulfide) groups is 1. The Bertz CT molecular complexity index is 1000. The number of hydrogen-bond acceptors (Lipinski definition) is 5. The van der Waals surface area contributed by atoms with Gasteiger partial charge in [0.25, 0.3) is 0 Å². The van der Waals surface area contributed by atoms with Crippen molar-refractivity contribution >= 4 is 48.4 Å². The normalized spacial score (nSPS) is 23.4. The lowest BCUT2D eigenvalue weighted by Gasteiger charge is -2.28. The lowest BCUT2D eigenvalue weighted by atomic mass is 10.1. The minimum absolute atomic E-state index is 0.0937. The van der Waals surface area contributed by atoms with E-state index in [0.717, 1.165) is 26.6 Å². The lowest BCUT2D eigenvalue weighted by molar-refractivity contribution is 0.601. The van der Waals surface area contributed by atoms with Gasteiger partial charge < -0.3 is 4.90 Å². The summed E-state index contributed by atoms with van der Waals surface area (Å²) in [7, 11) is -3.03. The van der Waals surface area contributed by atoms with Gasteiger partial charge in [0.2, 0.25) is 0 Å². The van der Waals surface area contributed by atoms with Gasteiger partial charge in [0.05, 0.1) is 23.6 Å². The van der Waals surface area contributed by atoms with Crippen LogP contribution in [0.15, 0.2) is 51.9 Å². The molecule has 2 aliphatic heterocycles. The molecule has 1 saturated heterocycles. The predicted molar refractivity (Wildman–Crippen MR) is 117 cm³/mol. The SMILES string of the molecule is Cc1ccc(N2C(SCc3ccc(Br)cc3)=NC3CS(=O)(=O)CC32)c(C)c1. The molecule has 0 spiro atoms. The van der Waals surface area contributed by atoms with Crippen LogP contribution in [-0.2, 0) is 15.6 Å². The van der Waals surface area contributed by atoms with Crippen molar-refractivity contribution in [3.8, 4) is 0 Å². The summed E-state index contributed by atoms with van der Waals surface area (Å²) in [5.74, 6) is 1.14. The number of rotatable bonds is 3. The standard InChI is InChI=1S/C20H21BrN2O2S2/c1-13-3-8-18(14(2)9-13)23-19-12-27(24,25)11-17(19)22-20(23)26-10-15-4-6-16(21)7-5-15/h3-9,17,19H,10-12H2,1-2H3. The Hall–Kier alpha value is -1.31. The van der Waals surface area contributed by atoms with Gasteiger partial charge >= 0.3 is 0 Å². The fourth-order valence-corrected chi connectivity index (χ4v) is 6.90. The van der Waals surface area contributed by atoms with Gasteiger partial charge in [-0.05, 0) is 43.2 Å². The second-order valence-electron chi connectivity index (χ2n) is 7.20. The average Bonchev–Trinajstić information content (AvgIpc) is 3.06. The summed E-state index contributed by atoms with van der Waals surface area (Å²) < 4.78 is 25.4. The molecule has 0 N–H and O–H groups in total. The van der Waals surface area contributed by atoms with Gasteiger partial charge in [-0.2, -0.15) is 0 Å². The summed E-state index contributed by atoms with van der Waals surface area (Å²) in [5.41, 5.74) is 4.63. The van der Waals surface area contributed by atoms with E-state index in [4.69, 9.17) is 4.99 Å². The molecule has 2 atom stereocenters. The third-order valence-electron chi connectivity index (χ3n) is 5.00. The van der Waals surface area contributed by atoms with E-state index in [1.54, 1.807) is 11.8 Å². The van der Waals surface area contributed by atoms with Crippen LogP contribution >= 0.6 is 27.7 Å². The van der Waals surface area contributed by atoms with Crippen LogP contribution in [0.5, 0.6) is 0 Å². The summed E-state index contributed by atoms with van der Waals surface area (Å²) in [6.45, 7) is 4.15. The van der Waals surface area contributed by atoms with E-state index in [2.05, 4.69) is 65.0 Å². The van der Waals surface area contributed by atoms with Crippen molar-refractivity contribution in [2.45, 2.75) is 31.7 Å². The Morgan fingerprint density at radius 1 is 1.15 bits per heavy atom. The van der Waals surface area contributed by atoms with Crippen molar-refractivity contribution in [3.05, 3.63) is 63.6 Å². The van der Waals surface area contributed by atoms with Crippen LogP contribution in [0, 0.1) is 13.8 Å². The Labute approximate surface area is 173 Å². The number of fused-ring (bicyclic) bond motifs is 1.